The zero-order valence-corrected chi connectivity index (χ0v) is 11.2. The van der Waals surface area contributed by atoms with E-state index < -0.39 is 8.32 Å². The number of rotatable bonds is 1. The summed E-state index contributed by atoms with van der Waals surface area (Å²) in [5.74, 6) is 0. The van der Waals surface area contributed by atoms with Crippen LogP contribution in [0.5, 0.6) is 0 Å². The van der Waals surface area contributed by atoms with Gasteiger partial charge in [0.2, 0.25) is 8.32 Å². The second-order valence-corrected chi connectivity index (χ2v) is 8.80. The predicted molar refractivity (Wildman–Crippen MR) is 72.9 cm³/mol. The molecule has 0 aromatic heterocycles. The van der Waals surface area contributed by atoms with Crippen molar-refractivity contribution in [1.82, 2.24) is 0 Å². The van der Waals surface area contributed by atoms with E-state index in [2.05, 4.69) is 61.6 Å². The molecule has 1 aliphatic rings. The fraction of sp³-hybridized carbons (Fsp3) is 0.200. The highest BCUT2D eigenvalue weighted by Crippen LogP contribution is 2.34. The summed E-state index contributed by atoms with van der Waals surface area (Å²) in [4.78, 5) is 0. The van der Waals surface area contributed by atoms with Gasteiger partial charge in [-0.2, -0.15) is 0 Å². The zero-order chi connectivity index (χ0) is 11.9. The van der Waals surface area contributed by atoms with Crippen LogP contribution in [0.1, 0.15) is 17.2 Å². The molecule has 0 saturated heterocycles. The van der Waals surface area contributed by atoms with Gasteiger partial charge in [0.15, 0.2) is 0 Å². The van der Waals surface area contributed by atoms with E-state index in [0.29, 0.717) is 0 Å². The van der Waals surface area contributed by atoms with E-state index in [4.69, 9.17) is 4.43 Å². The molecule has 1 atom stereocenters. The Morgan fingerprint density at radius 3 is 2.29 bits per heavy atom. The molecule has 0 bridgehead atoms. The van der Waals surface area contributed by atoms with E-state index in [9.17, 15) is 0 Å². The summed E-state index contributed by atoms with van der Waals surface area (Å²) in [5.41, 5.74) is 2.62. The summed E-state index contributed by atoms with van der Waals surface area (Å²) < 4.78 is 6.34. The molecule has 0 N–H and O–H groups in total. The van der Waals surface area contributed by atoms with Crippen molar-refractivity contribution < 1.29 is 4.43 Å². The molecule has 0 unspecified atom stereocenters. The lowest BCUT2D eigenvalue weighted by Gasteiger charge is -2.18. The lowest BCUT2D eigenvalue weighted by molar-refractivity contribution is 0.259. The van der Waals surface area contributed by atoms with Crippen LogP contribution in [0.15, 0.2) is 54.6 Å². The van der Waals surface area contributed by atoms with Crippen LogP contribution in [-0.4, -0.2) is 8.32 Å². The van der Waals surface area contributed by atoms with Gasteiger partial charge in [-0.05, 0) is 29.4 Å². The largest absolute Gasteiger partial charge is 0.402 e. The van der Waals surface area contributed by atoms with Gasteiger partial charge in [-0.3, -0.25) is 0 Å². The summed E-state index contributed by atoms with van der Waals surface area (Å²) >= 11 is 0. The lowest BCUT2D eigenvalue weighted by Crippen LogP contribution is -2.39. The van der Waals surface area contributed by atoms with Gasteiger partial charge in [-0.25, -0.2) is 0 Å². The van der Waals surface area contributed by atoms with Crippen LogP contribution < -0.4 is 5.19 Å². The maximum atomic E-state index is 6.34. The highest BCUT2D eigenvalue weighted by atomic mass is 28.4. The fourth-order valence-corrected chi connectivity index (χ4v) is 4.96. The van der Waals surface area contributed by atoms with Gasteiger partial charge in [0.1, 0.15) is 0 Å². The average molecular weight is 240 g/mol. The Hall–Kier alpha value is -1.38. The third kappa shape index (κ3) is 1.74. The topological polar surface area (TPSA) is 9.23 Å². The first-order valence-electron chi connectivity index (χ1n) is 6.01. The van der Waals surface area contributed by atoms with Crippen molar-refractivity contribution in [1.29, 1.82) is 0 Å². The maximum absolute atomic E-state index is 6.34. The monoisotopic (exact) mass is 240 g/mol. The normalized spacial score (nSPS) is 21.2. The van der Waals surface area contributed by atoms with E-state index in [1.54, 1.807) is 0 Å². The first-order valence-corrected chi connectivity index (χ1v) is 8.91. The molecule has 17 heavy (non-hydrogen) atoms. The van der Waals surface area contributed by atoms with Crippen molar-refractivity contribution >= 4 is 13.5 Å². The van der Waals surface area contributed by atoms with E-state index in [-0.39, 0.29) is 6.10 Å². The van der Waals surface area contributed by atoms with Crippen molar-refractivity contribution in [2.45, 2.75) is 19.2 Å². The summed E-state index contributed by atoms with van der Waals surface area (Å²) in [6.45, 7) is 4.55. The average Bonchev–Trinajstić information content (AvgIpc) is 2.64. The number of hydrogen-bond donors (Lipinski definition) is 0. The van der Waals surface area contributed by atoms with E-state index in [1.165, 1.54) is 16.3 Å². The third-order valence-electron chi connectivity index (χ3n) is 3.41. The highest BCUT2D eigenvalue weighted by Gasteiger charge is 2.40. The molecule has 0 amide bonds. The Balaban J connectivity index is 2.12. The van der Waals surface area contributed by atoms with Gasteiger partial charge in [-0.15, -0.1) is 0 Å². The van der Waals surface area contributed by atoms with Gasteiger partial charge in [0.05, 0.1) is 6.10 Å². The maximum Gasteiger partial charge on any atom is 0.219 e. The van der Waals surface area contributed by atoms with Gasteiger partial charge < -0.3 is 4.43 Å². The Morgan fingerprint density at radius 1 is 0.882 bits per heavy atom. The minimum absolute atomic E-state index is 0.133. The van der Waals surface area contributed by atoms with Crippen LogP contribution in [0, 0.1) is 0 Å². The van der Waals surface area contributed by atoms with Crippen LogP contribution in [0.3, 0.4) is 0 Å². The molecule has 1 aliphatic heterocycles. The molecule has 86 valence electrons. The molecule has 1 nitrogen and oxygen atoms in total. The Kier molecular flexibility index (Phi) is 2.42. The molecule has 0 fully saturated rings. The van der Waals surface area contributed by atoms with Crippen molar-refractivity contribution in [2.75, 3.05) is 0 Å². The molecule has 1 heterocycles. The first-order chi connectivity index (χ1) is 8.18. The minimum Gasteiger partial charge on any atom is -0.402 e. The molecule has 2 aromatic rings. The van der Waals surface area contributed by atoms with Gasteiger partial charge in [0.25, 0.3) is 0 Å². The van der Waals surface area contributed by atoms with Crippen molar-refractivity contribution in [3.63, 3.8) is 0 Å². The van der Waals surface area contributed by atoms with Crippen LogP contribution in [0.25, 0.3) is 0 Å². The highest BCUT2D eigenvalue weighted by molar-refractivity contribution is 6.85. The van der Waals surface area contributed by atoms with Crippen molar-refractivity contribution in [3.8, 4) is 0 Å². The van der Waals surface area contributed by atoms with Crippen LogP contribution in [-0.2, 0) is 4.43 Å². The summed E-state index contributed by atoms with van der Waals surface area (Å²) in [6, 6.07) is 19.2. The quantitative estimate of drug-likeness (QED) is 0.695. The number of benzene rings is 2. The lowest BCUT2D eigenvalue weighted by atomic mass is 10.0. The number of fused-ring (bicyclic) bond motifs is 1. The molecule has 2 aromatic carbocycles. The fourth-order valence-electron chi connectivity index (χ4n) is 2.57. The predicted octanol–water partition coefficient (Wildman–Crippen LogP) is 3.22. The second-order valence-electron chi connectivity index (χ2n) is 5.01. The van der Waals surface area contributed by atoms with Crippen LogP contribution >= 0.6 is 0 Å². The molecule has 0 radical (unpaired) electrons. The number of hydrogen-bond acceptors (Lipinski definition) is 1. The van der Waals surface area contributed by atoms with Gasteiger partial charge in [-0.1, -0.05) is 54.6 Å². The summed E-state index contributed by atoms with van der Waals surface area (Å²) in [7, 11) is -1.71. The van der Waals surface area contributed by atoms with E-state index in [1.807, 2.05) is 6.07 Å². The summed E-state index contributed by atoms with van der Waals surface area (Å²) in [6.07, 6.45) is 0.133. The third-order valence-corrected chi connectivity index (χ3v) is 5.98. The van der Waals surface area contributed by atoms with Crippen LogP contribution in [0.2, 0.25) is 13.1 Å². The zero-order valence-electron chi connectivity index (χ0n) is 10.2. The minimum atomic E-state index is -1.71. The standard InChI is InChI=1S/C15H16OSi/c1-17(2)14-11-7-6-10-13(14)15(16-17)12-8-4-3-5-9-12/h3-11,15H,1-2H3/t15-/m0/s1. The molecule has 3 rings (SSSR count). The Labute approximate surface area is 103 Å². The molecule has 2 heteroatoms. The van der Waals surface area contributed by atoms with Crippen molar-refractivity contribution in [3.05, 3.63) is 65.7 Å². The Bertz CT molecular complexity index is 534. The van der Waals surface area contributed by atoms with Crippen LogP contribution in [0.4, 0.5) is 0 Å². The smallest absolute Gasteiger partial charge is 0.219 e. The first kappa shape index (κ1) is 10.8. The van der Waals surface area contributed by atoms with Gasteiger partial charge in [0, 0.05) is 0 Å². The Morgan fingerprint density at radius 2 is 1.53 bits per heavy atom. The molecular weight excluding hydrogens is 224 g/mol. The molecule has 0 aliphatic carbocycles. The second kappa shape index (κ2) is 3.83. The van der Waals surface area contributed by atoms with E-state index in [0.717, 1.165) is 0 Å². The SMILES string of the molecule is C[Si]1(C)O[C@@H](c2ccccc2)c2ccccc21. The molecular formula is C15H16OSi. The van der Waals surface area contributed by atoms with Gasteiger partial charge >= 0.3 is 0 Å². The van der Waals surface area contributed by atoms with Crippen molar-refractivity contribution in [2.24, 2.45) is 0 Å². The molecule has 0 spiro atoms. The molecule has 0 saturated carbocycles. The summed E-state index contributed by atoms with van der Waals surface area (Å²) in [5, 5.41) is 1.44. The van der Waals surface area contributed by atoms with E-state index >= 15 is 0 Å².